The molecule has 0 aliphatic carbocycles. The zero-order valence-electron chi connectivity index (χ0n) is 19.0. The third-order valence-corrected chi connectivity index (χ3v) is 6.07. The van der Waals surface area contributed by atoms with Crippen LogP contribution in [0, 0.1) is 5.82 Å². The topological polar surface area (TPSA) is 66.1 Å². The third-order valence-electron chi connectivity index (χ3n) is 5.82. The van der Waals surface area contributed by atoms with E-state index in [1.165, 1.54) is 12.1 Å². The molecule has 7 nitrogen and oxygen atoms in total. The normalized spacial score (nSPS) is 17.4. The number of hydrogen-bond donors (Lipinski definition) is 2. The van der Waals surface area contributed by atoms with E-state index < -0.39 is 0 Å². The number of nitrogens with one attached hydrogen (secondary N) is 2. The molecule has 2 aromatic rings. The van der Waals surface area contributed by atoms with Crippen molar-refractivity contribution in [1.82, 2.24) is 10.2 Å². The van der Waals surface area contributed by atoms with Gasteiger partial charge in [-0.1, -0.05) is 35.9 Å². The SMILES string of the molecule is O=C(NCCC1OCCO1)Nc1ccc(F)cc1N1CCN(CC=Cc2ccc(Cl)cc2)CC1. The minimum Gasteiger partial charge on any atom is -0.367 e. The first-order chi connectivity index (χ1) is 16.6. The molecule has 34 heavy (non-hydrogen) atoms. The van der Waals surface area contributed by atoms with Gasteiger partial charge in [-0.05, 0) is 35.9 Å². The molecule has 2 saturated heterocycles. The molecule has 0 aromatic heterocycles. The first-order valence-electron chi connectivity index (χ1n) is 11.5. The predicted octanol–water partition coefficient (Wildman–Crippen LogP) is 4.20. The van der Waals surface area contributed by atoms with Crippen molar-refractivity contribution < 1.29 is 18.7 Å². The molecule has 2 N–H and O–H groups in total. The predicted molar refractivity (Wildman–Crippen MR) is 133 cm³/mol. The third kappa shape index (κ3) is 7.17. The summed E-state index contributed by atoms with van der Waals surface area (Å²) in [7, 11) is 0. The Kier molecular flexibility index (Phi) is 8.76. The van der Waals surface area contributed by atoms with Gasteiger partial charge in [-0.3, -0.25) is 4.90 Å². The summed E-state index contributed by atoms with van der Waals surface area (Å²) >= 11 is 5.93. The standard InChI is InChI=1S/C25H30ClFN4O3/c26-20-5-3-19(4-6-20)2-1-11-30-12-14-31(15-13-30)23-18-21(27)7-8-22(23)29-25(32)28-10-9-24-33-16-17-34-24/h1-8,18,24H,9-17H2,(H2,28,29,32). The van der Waals surface area contributed by atoms with Crippen LogP contribution in [0.15, 0.2) is 48.5 Å². The summed E-state index contributed by atoms with van der Waals surface area (Å²) in [6, 6.07) is 11.8. The van der Waals surface area contributed by atoms with E-state index in [4.69, 9.17) is 21.1 Å². The molecule has 2 aliphatic heterocycles. The van der Waals surface area contributed by atoms with Crippen molar-refractivity contribution in [3.05, 3.63) is 64.9 Å². The monoisotopic (exact) mass is 488 g/mol. The van der Waals surface area contributed by atoms with Crippen molar-refractivity contribution in [1.29, 1.82) is 0 Å². The van der Waals surface area contributed by atoms with Crippen molar-refractivity contribution in [3.63, 3.8) is 0 Å². The van der Waals surface area contributed by atoms with Gasteiger partial charge in [0.05, 0.1) is 24.6 Å². The van der Waals surface area contributed by atoms with E-state index in [9.17, 15) is 9.18 Å². The van der Waals surface area contributed by atoms with Gasteiger partial charge in [0, 0.05) is 50.7 Å². The maximum absolute atomic E-state index is 14.0. The summed E-state index contributed by atoms with van der Waals surface area (Å²) in [5.74, 6) is -0.329. The molecular weight excluding hydrogens is 459 g/mol. The molecule has 182 valence electrons. The Labute approximate surface area is 204 Å². The van der Waals surface area contributed by atoms with E-state index in [1.54, 1.807) is 6.07 Å². The van der Waals surface area contributed by atoms with Crippen LogP contribution in [0.25, 0.3) is 6.08 Å². The average Bonchev–Trinajstić information content (AvgIpc) is 3.36. The smallest absolute Gasteiger partial charge is 0.319 e. The molecule has 9 heteroatoms. The maximum Gasteiger partial charge on any atom is 0.319 e. The number of rotatable bonds is 8. The van der Waals surface area contributed by atoms with Crippen LogP contribution < -0.4 is 15.5 Å². The number of carbonyl (C=O) groups is 1. The Bertz CT molecular complexity index is 975. The maximum atomic E-state index is 14.0. The first kappa shape index (κ1) is 24.5. The highest BCUT2D eigenvalue weighted by Crippen LogP contribution is 2.28. The zero-order chi connectivity index (χ0) is 23.8. The van der Waals surface area contributed by atoms with Crippen molar-refractivity contribution >= 4 is 35.1 Å². The molecule has 4 rings (SSSR count). The minimum absolute atomic E-state index is 0.265. The number of amides is 2. The summed E-state index contributed by atoms with van der Waals surface area (Å²) in [6.07, 6.45) is 4.54. The van der Waals surface area contributed by atoms with Crippen LogP contribution in [0.1, 0.15) is 12.0 Å². The molecule has 0 spiro atoms. The Hall–Kier alpha value is -2.65. The number of urea groups is 1. The lowest BCUT2D eigenvalue weighted by Gasteiger charge is -2.36. The van der Waals surface area contributed by atoms with E-state index in [-0.39, 0.29) is 18.1 Å². The Morgan fingerprint density at radius 2 is 1.82 bits per heavy atom. The van der Waals surface area contributed by atoms with Crippen LogP contribution in [0.2, 0.25) is 5.02 Å². The highest BCUT2D eigenvalue weighted by Gasteiger charge is 2.20. The van der Waals surface area contributed by atoms with Crippen LogP contribution in [0.3, 0.4) is 0 Å². The number of benzene rings is 2. The summed E-state index contributed by atoms with van der Waals surface area (Å²) < 4.78 is 24.8. The van der Waals surface area contributed by atoms with Crippen molar-refractivity contribution in [3.8, 4) is 0 Å². The van der Waals surface area contributed by atoms with Crippen LogP contribution >= 0.6 is 11.6 Å². The van der Waals surface area contributed by atoms with E-state index in [1.807, 2.05) is 24.3 Å². The Morgan fingerprint density at radius 3 is 2.56 bits per heavy atom. The highest BCUT2D eigenvalue weighted by atomic mass is 35.5. The van der Waals surface area contributed by atoms with Crippen LogP contribution in [-0.4, -0.2) is 69.7 Å². The fourth-order valence-electron chi connectivity index (χ4n) is 4.00. The fraction of sp³-hybridized carbons (Fsp3) is 0.400. The van der Waals surface area contributed by atoms with Gasteiger partial charge in [0.2, 0.25) is 0 Å². The zero-order valence-corrected chi connectivity index (χ0v) is 19.8. The average molecular weight is 489 g/mol. The molecule has 2 amide bonds. The van der Waals surface area contributed by atoms with Crippen LogP contribution in [0.4, 0.5) is 20.6 Å². The first-order valence-corrected chi connectivity index (χ1v) is 11.9. The molecule has 0 radical (unpaired) electrons. The van der Waals surface area contributed by atoms with Crippen molar-refractivity contribution in [2.24, 2.45) is 0 Å². The van der Waals surface area contributed by atoms with E-state index in [0.29, 0.717) is 37.6 Å². The van der Waals surface area contributed by atoms with E-state index in [2.05, 4.69) is 32.6 Å². The summed E-state index contributed by atoms with van der Waals surface area (Å²) in [5, 5.41) is 6.38. The van der Waals surface area contributed by atoms with E-state index >= 15 is 0 Å². The molecule has 0 unspecified atom stereocenters. The molecule has 2 fully saturated rings. The van der Waals surface area contributed by atoms with Gasteiger partial charge in [-0.2, -0.15) is 0 Å². The Balaban J connectivity index is 1.27. The summed E-state index contributed by atoms with van der Waals surface area (Å²) in [6.45, 7) is 5.60. The van der Waals surface area contributed by atoms with Crippen molar-refractivity contribution in [2.75, 3.05) is 62.7 Å². The number of nitrogens with zero attached hydrogens (tertiary/aromatic N) is 2. The number of halogens is 2. The molecule has 2 heterocycles. The number of carbonyl (C=O) groups excluding carboxylic acids is 1. The summed E-state index contributed by atoms with van der Waals surface area (Å²) in [4.78, 5) is 16.8. The highest BCUT2D eigenvalue weighted by molar-refractivity contribution is 6.30. The summed E-state index contributed by atoms with van der Waals surface area (Å²) in [5.41, 5.74) is 2.39. The fourth-order valence-corrected chi connectivity index (χ4v) is 4.13. The quantitative estimate of drug-likeness (QED) is 0.583. The van der Waals surface area contributed by atoms with Gasteiger partial charge < -0.3 is 25.0 Å². The Morgan fingerprint density at radius 1 is 1.09 bits per heavy atom. The lowest BCUT2D eigenvalue weighted by atomic mass is 10.2. The van der Waals surface area contributed by atoms with E-state index in [0.717, 1.165) is 43.3 Å². The van der Waals surface area contributed by atoms with Gasteiger partial charge in [0.15, 0.2) is 6.29 Å². The van der Waals surface area contributed by atoms with Gasteiger partial charge in [-0.15, -0.1) is 0 Å². The molecule has 2 aliphatic rings. The van der Waals surface area contributed by atoms with Gasteiger partial charge in [-0.25, -0.2) is 9.18 Å². The number of hydrogen-bond acceptors (Lipinski definition) is 5. The number of piperazine rings is 1. The van der Waals surface area contributed by atoms with Crippen molar-refractivity contribution in [2.45, 2.75) is 12.7 Å². The molecular formula is C25H30ClFN4O3. The van der Waals surface area contributed by atoms with Crippen LogP contribution in [-0.2, 0) is 9.47 Å². The second kappa shape index (κ2) is 12.2. The molecule has 0 atom stereocenters. The molecule has 0 saturated carbocycles. The van der Waals surface area contributed by atoms with Crippen LogP contribution in [0.5, 0.6) is 0 Å². The number of ether oxygens (including phenoxy) is 2. The number of anilines is 2. The minimum atomic E-state index is -0.336. The lowest BCUT2D eigenvalue weighted by molar-refractivity contribution is -0.0454. The van der Waals surface area contributed by atoms with Gasteiger partial charge in [0.25, 0.3) is 0 Å². The largest absolute Gasteiger partial charge is 0.367 e. The van der Waals surface area contributed by atoms with Gasteiger partial charge >= 0.3 is 6.03 Å². The second-order valence-electron chi connectivity index (χ2n) is 8.24. The van der Waals surface area contributed by atoms with Gasteiger partial charge in [0.1, 0.15) is 5.82 Å². The lowest BCUT2D eigenvalue weighted by Crippen LogP contribution is -2.46. The molecule has 2 aromatic carbocycles. The molecule has 0 bridgehead atoms. The second-order valence-corrected chi connectivity index (χ2v) is 8.68.